The van der Waals surface area contributed by atoms with Crippen molar-refractivity contribution in [1.82, 2.24) is 9.80 Å². The van der Waals surface area contributed by atoms with Crippen molar-refractivity contribution < 1.29 is 4.74 Å². The van der Waals surface area contributed by atoms with Gasteiger partial charge in [0.1, 0.15) is 5.75 Å². The normalized spacial score (nSPS) is 16.2. The minimum atomic E-state index is 0.633. The van der Waals surface area contributed by atoms with Gasteiger partial charge in [0.25, 0.3) is 0 Å². The molecular formula is C19H29N3O. The lowest BCUT2D eigenvalue weighted by Gasteiger charge is -2.34. The van der Waals surface area contributed by atoms with Crippen LogP contribution in [0.5, 0.6) is 5.75 Å². The first-order valence-corrected chi connectivity index (χ1v) is 8.86. The molecule has 4 nitrogen and oxygen atoms in total. The molecule has 0 unspecified atom stereocenters. The van der Waals surface area contributed by atoms with E-state index in [0.717, 1.165) is 58.0 Å². The van der Waals surface area contributed by atoms with Crippen LogP contribution in [0.15, 0.2) is 24.3 Å². The zero-order valence-corrected chi connectivity index (χ0v) is 14.3. The van der Waals surface area contributed by atoms with Crippen LogP contribution in [0.4, 0.5) is 0 Å². The van der Waals surface area contributed by atoms with Crippen LogP contribution in [-0.4, -0.2) is 49.1 Å². The topological polar surface area (TPSA) is 39.5 Å². The van der Waals surface area contributed by atoms with E-state index >= 15 is 0 Å². The van der Waals surface area contributed by atoms with E-state index in [1.807, 2.05) is 0 Å². The molecule has 1 heterocycles. The zero-order valence-electron chi connectivity index (χ0n) is 14.3. The largest absolute Gasteiger partial charge is 0.493 e. The standard InChI is InChI=1S/C19H29N3O/c1-2-3-6-16-23-19-9-5-4-8-18(19)17-22-14-12-21(13-15-22)11-7-10-20/h4-5,8-9H,2-3,6-7,11-17H2,1H3. The molecule has 0 aromatic heterocycles. The molecule has 1 aromatic carbocycles. The van der Waals surface area contributed by atoms with Gasteiger partial charge in [-0.15, -0.1) is 0 Å². The lowest BCUT2D eigenvalue weighted by Crippen LogP contribution is -2.46. The van der Waals surface area contributed by atoms with Crippen molar-refractivity contribution >= 4 is 0 Å². The van der Waals surface area contributed by atoms with E-state index in [2.05, 4.69) is 47.1 Å². The molecular weight excluding hydrogens is 286 g/mol. The van der Waals surface area contributed by atoms with E-state index in [0.29, 0.717) is 6.42 Å². The van der Waals surface area contributed by atoms with E-state index in [4.69, 9.17) is 10.00 Å². The van der Waals surface area contributed by atoms with Crippen molar-refractivity contribution in [3.8, 4) is 11.8 Å². The summed E-state index contributed by atoms with van der Waals surface area (Å²) in [5.74, 6) is 1.04. The molecule has 1 aliphatic heterocycles. The number of hydrogen-bond acceptors (Lipinski definition) is 4. The van der Waals surface area contributed by atoms with Gasteiger partial charge < -0.3 is 4.74 Å². The Labute approximate surface area is 140 Å². The average molecular weight is 315 g/mol. The first kappa shape index (κ1) is 17.8. The summed E-state index contributed by atoms with van der Waals surface area (Å²) in [6.07, 6.45) is 4.21. The van der Waals surface area contributed by atoms with Crippen LogP contribution in [0.1, 0.15) is 38.2 Å². The maximum absolute atomic E-state index is 8.68. The smallest absolute Gasteiger partial charge is 0.123 e. The number of nitrogens with zero attached hydrogens (tertiary/aromatic N) is 3. The van der Waals surface area contributed by atoms with Crippen molar-refractivity contribution in [3.05, 3.63) is 29.8 Å². The number of para-hydroxylation sites is 1. The van der Waals surface area contributed by atoms with Crippen LogP contribution in [0.2, 0.25) is 0 Å². The summed E-state index contributed by atoms with van der Waals surface area (Å²) in [7, 11) is 0. The van der Waals surface area contributed by atoms with E-state index in [1.54, 1.807) is 0 Å². The van der Waals surface area contributed by atoms with E-state index in [-0.39, 0.29) is 0 Å². The summed E-state index contributed by atoms with van der Waals surface area (Å²) in [6.45, 7) is 9.13. The fourth-order valence-electron chi connectivity index (χ4n) is 2.93. The Kier molecular flexibility index (Phi) is 7.92. The van der Waals surface area contributed by atoms with Gasteiger partial charge in [0.2, 0.25) is 0 Å². The van der Waals surface area contributed by atoms with Gasteiger partial charge in [-0.1, -0.05) is 38.0 Å². The number of hydrogen-bond donors (Lipinski definition) is 0. The van der Waals surface area contributed by atoms with Crippen LogP contribution in [-0.2, 0) is 6.54 Å². The molecule has 2 rings (SSSR count). The quantitative estimate of drug-likeness (QED) is 0.656. The van der Waals surface area contributed by atoms with Gasteiger partial charge in [-0.3, -0.25) is 9.80 Å². The highest BCUT2D eigenvalue weighted by Crippen LogP contribution is 2.21. The lowest BCUT2D eigenvalue weighted by molar-refractivity contribution is 0.128. The Morgan fingerprint density at radius 2 is 1.83 bits per heavy atom. The van der Waals surface area contributed by atoms with Crippen molar-refractivity contribution in [2.45, 2.75) is 39.2 Å². The number of piperazine rings is 1. The van der Waals surface area contributed by atoms with E-state index in [9.17, 15) is 0 Å². The van der Waals surface area contributed by atoms with E-state index < -0.39 is 0 Å². The summed E-state index contributed by atoms with van der Waals surface area (Å²) >= 11 is 0. The molecule has 1 saturated heterocycles. The third-order valence-corrected chi connectivity index (χ3v) is 4.38. The highest BCUT2D eigenvalue weighted by molar-refractivity contribution is 5.33. The van der Waals surface area contributed by atoms with Gasteiger partial charge in [0, 0.05) is 51.3 Å². The van der Waals surface area contributed by atoms with Crippen LogP contribution in [0.3, 0.4) is 0 Å². The maximum atomic E-state index is 8.68. The summed E-state index contributed by atoms with van der Waals surface area (Å²) in [5.41, 5.74) is 1.29. The van der Waals surface area contributed by atoms with Crippen LogP contribution >= 0.6 is 0 Å². The van der Waals surface area contributed by atoms with Gasteiger partial charge in [0.05, 0.1) is 12.7 Å². The molecule has 0 atom stereocenters. The fourth-order valence-corrected chi connectivity index (χ4v) is 2.93. The monoisotopic (exact) mass is 315 g/mol. The molecule has 1 aromatic rings. The predicted octanol–water partition coefficient (Wildman–Crippen LogP) is 3.29. The van der Waals surface area contributed by atoms with Gasteiger partial charge in [-0.05, 0) is 12.5 Å². The molecule has 0 N–H and O–H groups in total. The SMILES string of the molecule is CCCCCOc1ccccc1CN1CCN(CCC#N)CC1. The molecule has 126 valence electrons. The molecule has 0 spiro atoms. The zero-order chi connectivity index (χ0) is 16.3. The lowest BCUT2D eigenvalue weighted by atomic mass is 10.1. The van der Waals surface area contributed by atoms with Crippen LogP contribution in [0, 0.1) is 11.3 Å². The Balaban J connectivity index is 1.80. The highest BCUT2D eigenvalue weighted by atomic mass is 16.5. The molecule has 0 radical (unpaired) electrons. The number of rotatable bonds is 9. The Morgan fingerprint density at radius 1 is 1.09 bits per heavy atom. The molecule has 0 bridgehead atoms. The average Bonchev–Trinajstić information content (AvgIpc) is 2.59. The van der Waals surface area contributed by atoms with Gasteiger partial charge in [0.15, 0.2) is 0 Å². The predicted molar refractivity (Wildman–Crippen MR) is 93.4 cm³/mol. The molecule has 23 heavy (non-hydrogen) atoms. The van der Waals surface area contributed by atoms with Crippen LogP contribution in [0.25, 0.3) is 0 Å². The summed E-state index contributed by atoms with van der Waals surface area (Å²) in [4.78, 5) is 4.87. The van der Waals surface area contributed by atoms with Crippen molar-refractivity contribution in [3.63, 3.8) is 0 Å². The van der Waals surface area contributed by atoms with Crippen molar-refractivity contribution in [1.29, 1.82) is 5.26 Å². The summed E-state index contributed by atoms with van der Waals surface area (Å²) in [6, 6.07) is 10.6. The molecule has 1 aliphatic rings. The van der Waals surface area contributed by atoms with Gasteiger partial charge in [-0.2, -0.15) is 5.26 Å². The van der Waals surface area contributed by atoms with Gasteiger partial charge >= 0.3 is 0 Å². The second kappa shape index (κ2) is 10.3. The number of benzene rings is 1. The molecule has 1 fully saturated rings. The van der Waals surface area contributed by atoms with Crippen molar-refractivity contribution in [2.24, 2.45) is 0 Å². The number of ether oxygens (including phenoxy) is 1. The second-order valence-corrected chi connectivity index (χ2v) is 6.19. The highest BCUT2D eigenvalue weighted by Gasteiger charge is 2.17. The minimum Gasteiger partial charge on any atom is -0.493 e. The number of nitriles is 1. The number of unbranched alkanes of at least 4 members (excludes halogenated alkanes) is 2. The minimum absolute atomic E-state index is 0.633. The Morgan fingerprint density at radius 3 is 2.57 bits per heavy atom. The first-order chi connectivity index (χ1) is 11.3. The third kappa shape index (κ3) is 6.21. The Bertz CT molecular complexity index is 490. The Hall–Kier alpha value is -1.57. The molecule has 0 saturated carbocycles. The molecule has 0 amide bonds. The molecule has 0 aliphatic carbocycles. The van der Waals surface area contributed by atoms with Gasteiger partial charge in [-0.25, -0.2) is 0 Å². The van der Waals surface area contributed by atoms with Crippen molar-refractivity contribution in [2.75, 3.05) is 39.3 Å². The summed E-state index contributed by atoms with van der Waals surface area (Å²) in [5, 5.41) is 8.68. The first-order valence-electron chi connectivity index (χ1n) is 8.86. The fraction of sp³-hybridized carbons (Fsp3) is 0.632. The second-order valence-electron chi connectivity index (χ2n) is 6.19. The molecule has 4 heteroatoms. The van der Waals surface area contributed by atoms with Crippen LogP contribution < -0.4 is 4.74 Å². The van der Waals surface area contributed by atoms with E-state index in [1.165, 1.54) is 18.4 Å². The summed E-state index contributed by atoms with van der Waals surface area (Å²) < 4.78 is 5.98. The third-order valence-electron chi connectivity index (χ3n) is 4.38. The maximum Gasteiger partial charge on any atom is 0.123 e.